The normalized spacial score (nSPS) is 12.3. The van der Waals surface area contributed by atoms with Gasteiger partial charge in [-0.1, -0.05) is 35.9 Å². The molecule has 0 aliphatic heterocycles. The number of carboxylic acid groups (broad SMARTS) is 1. The highest BCUT2D eigenvalue weighted by Crippen LogP contribution is 2.37. The summed E-state index contributed by atoms with van der Waals surface area (Å²) in [6, 6.07) is 14.2. The molecule has 4 aromatic rings. The molecule has 0 aliphatic carbocycles. The molecule has 1 heterocycles. The van der Waals surface area contributed by atoms with Gasteiger partial charge in [-0.2, -0.15) is 13.2 Å². The van der Waals surface area contributed by atoms with Crippen molar-refractivity contribution in [3.05, 3.63) is 98.8 Å². The molecule has 40 heavy (non-hydrogen) atoms. The number of hydrogen-bond acceptors (Lipinski definition) is 5. The zero-order chi connectivity index (χ0) is 29.0. The predicted octanol–water partition coefficient (Wildman–Crippen LogP) is 8.67. The number of ether oxygens (including phenoxy) is 2. The number of thiazole rings is 1. The van der Waals surface area contributed by atoms with E-state index in [-0.39, 0.29) is 23.8 Å². The van der Waals surface area contributed by atoms with Crippen LogP contribution in [0.2, 0.25) is 5.02 Å². The second kappa shape index (κ2) is 12.3. The molecule has 4 rings (SSSR count). The van der Waals surface area contributed by atoms with Gasteiger partial charge in [-0.3, -0.25) is 4.79 Å². The van der Waals surface area contributed by atoms with Gasteiger partial charge in [-0.05, 0) is 67.8 Å². The van der Waals surface area contributed by atoms with Crippen LogP contribution in [0.15, 0.2) is 60.7 Å². The number of carboxylic acids is 1. The third-order valence-corrected chi connectivity index (χ3v) is 7.46. The number of halogens is 5. The van der Waals surface area contributed by atoms with Crippen LogP contribution in [0.25, 0.3) is 10.6 Å². The zero-order valence-corrected chi connectivity index (χ0v) is 23.0. The summed E-state index contributed by atoms with van der Waals surface area (Å²) < 4.78 is 65.3. The fourth-order valence-electron chi connectivity index (χ4n) is 3.99. The van der Waals surface area contributed by atoms with Crippen LogP contribution < -0.4 is 9.47 Å². The van der Waals surface area contributed by atoms with Crippen LogP contribution in [0.5, 0.6) is 11.5 Å². The number of nitrogens with zero attached hydrogens (tertiary/aromatic N) is 1. The van der Waals surface area contributed by atoms with E-state index < -0.39 is 29.6 Å². The van der Waals surface area contributed by atoms with Crippen molar-refractivity contribution in [3.8, 4) is 22.1 Å². The Kier molecular flexibility index (Phi) is 9.00. The van der Waals surface area contributed by atoms with Crippen molar-refractivity contribution in [3.63, 3.8) is 0 Å². The average Bonchev–Trinajstić information content (AvgIpc) is 3.32. The molecule has 0 saturated heterocycles. The number of carbonyl (C=O) groups is 1. The quantitative estimate of drug-likeness (QED) is 0.186. The fraction of sp³-hybridized carbons (Fsp3) is 0.241. The lowest BCUT2D eigenvalue weighted by Crippen LogP contribution is -2.08. The molecule has 1 atom stereocenters. The molecule has 1 N–H and O–H groups in total. The minimum Gasteiger partial charge on any atom is -0.484 e. The molecule has 0 bridgehead atoms. The molecule has 0 saturated carbocycles. The first kappa shape index (κ1) is 29.4. The highest BCUT2D eigenvalue weighted by molar-refractivity contribution is 7.15. The van der Waals surface area contributed by atoms with Crippen LogP contribution in [-0.2, 0) is 24.0 Å². The van der Waals surface area contributed by atoms with E-state index in [9.17, 15) is 22.4 Å². The lowest BCUT2D eigenvalue weighted by atomic mass is 10.0. The Morgan fingerprint density at radius 3 is 2.48 bits per heavy atom. The first-order chi connectivity index (χ1) is 18.9. The zero-order valence-electron chi connectivity index (χ0n) is 21.4. The molecular formula is C29H24ClF4NO4S. The van der Waals surface area contributed by atoms with Gasteiger partial charge in [0.05, 0.1) is 21.2 Å². The third kappa shape index (κ3) is 7.11. The maximum absolute atomic E-state index is 14.3. The van der Waals surface area contributed by atoms with Gasteiger partial charge in [-0.15, -0.1) is 11.3 Å². The van der Waals surface area contributed by atoms with Crippen LogP contribution in [0.1, 0.15) is 46.7 Å². The van der Waals surface area contributed by atoms with Gasteiger partial charge in [0, 0.05) is 12.0 Å². The number of aryl methyl sites for hydroxylation is 2. The number of alkyl halides is 3. The van der Waals surface area contributed by atoms with Crippen molar-refractivity contribution in [2.75, 3.05) is 0 Å². The predicted molar refractivity (Wildman–Crippen MR) is 144 cm³/mol. The summed E-state index contributed by atoms with van der Waals surface area (Å²) in [5.74, 6) is -1.12. The van der Waals surface area contributed by atoms with E-state index in [1.165, 1.54) is 41.7 Å². The molecule has 210 valence electrons. The minimum atomic E-state index is -4.46. The van der Waals surface area contributed by atoms with Crippen molar-refractivity contribution in [2.24, 2.45) is 0 Å². The Bertz CT molecular complexity index is 1480. The van der Waals surface area contributed by atoms with E-state index in [1.807, 2.05) is 6.92 Å². The Balaban J connectivity index is 1.62. The molecular weight excluding hydrogens is 570 g/mol. The van der Waals surface area contributed by atoms with Crippen LogP contribution in [0.3, 0.4) is 0 Å². The topological polar surface area (TPSA) is 68.7 Å². The number of rotatable bonds is 10. The Labute approximate surface area is 237 Å². The highest BCUT2D eigenvalue weighted by Gasteiger charge is 2.30. The summed E-state index contributed by atoms with van der Waals surface area (Å²) >= 11 is 7.29. The molecule has 0 spiro atoms. The summed E-state index contributed by atoms with van der Waals surface area (Å²) in [6.45, 7) is 3.52. The number of benzene rings is 3. The number of hydrogen-bond donors (Lipinski definition) is 1. The van der Waals surface area contributed by atoms with Crippen molar-refractivity contribution in [2.45, 2.75) is 45.6 Å². The number of aromatic nitrogens is 1. The van der Waals surface area contributed by atoms with E-state index in [1.54, 1.807) is 25.1 Å². The second-order valence-corrected chi connectivity index (χ2v) is 10.5. The summed E-state index contributed by atoms with van der Waals surface area (Å²) in [6.07, 6.45) is -4.68. The van der Waals surface area contributed by atoms with Gasteiger partial charge in [0.15, 0.2) is 11.6 Å². The SMILES string of the molecule is Cc1cc(O[C@@H](C)c2nc(-c3ccc(C(F)(F)F)cc3)sc2COc2c(F)cccc2Cl)ccc1CCC(=O)O. The van der Waals surface area contributed by atoms with Gasteiger partial charge in [0.25, 0.3) is 0 Å². The van der Waals surface area contributed by atoms with Crippen LogP contribution in [0.4, 0.5) is 17.6 Å². The van der Waals surface area contributed by atoms with E-state index in [0.29, 0.717) is 33.3 Å². The Morgan fingerprint density at radius 1 is 1.12 bits per heavy atom. The first-order valence-corrected chi connectivity index (χ1v) is 13.3. The van der Waals surface area contributed by atoms with Gasteiger partial charge >= 0.3 is 12.1 Å². The van der Waals surface area contributed by atoms with Crippen molar-refractivity contribution < 1.29 is 36.9 Å². The molecule has 0 amide bonds. The van der Waals surface area contributed by atoms with Crippen LogP contribution in [-0.4, -0.2) is 16.1 Å². The lowest BCUT2D eigenvalue weighted by Gasteiger charge is -2.16. The lowest BCUT2D eigenvalue weighted by molar-refractivity contribution is -0.138. The van der Waals surface area contributed by atoms with E-state index >= 15 is 0 Å². The molecule has 0 aliphatic rings. The molecule has 3 aromatic carbocycles. The average molecular weight is 594 g/mol. The summed E-state index contributed by atoms with van der Waals surface area (Å²) in [5, 5.41) is 9.49. The van der Waals surface area contributed by atoms with Gasteiger partial charge < -0.3 is 14.6 Å². The molecule has 5 nitrogen and oxygen atoms in total. The van der Waals surface area contributed by atoms with Crippen LogP contribution >= 0.6 is 22.9 Å². The fourth-order valence-corrected chi connectivity index (χ4v) is 5.27. The van der Waals surface area contributed by atoms with E-state index in [0.717, 1.165) is 23.3 Å². The Morgan fingerprint density at radius 2 is 1.85 bits per heavy atom. The minimum absolute atomic E-state index is 0.0123. The summed E-state index contributed by atoms with van der Waals surface area (Å²) in [4.78, 5) is 16.1. The van der Waals surface area contributed by atoms with Crippen molar-refractivity contribution in [1.82, 2.24) is 4.98 Å². The Hall–Kier alpha value is -3.63. The van der Waals surface area contributed by atoms with Gasteiger partial charge in [0.1, 0.15) is 23.5 Å². The molecule has 11 heteroatoms. The highest BCUT2D eigenvalue weighted by atomic mass is 35.5. The summed E-state index contributed by atoms with van der Waals surface area (Å²) in [7, 11) is 0. The standard InChI is InChI=1S/C29H24ClF4NO4S/c1-16-14-21(12-8-18(16)9-13-25(36)37)39-17(2)26-24(15-38-27-22(30)4-3-5-23(27)31)40-28(35-26)19-6-10-20(11-7-19)29(32,33)34/h3-8,10-12,14,17H,9,13,15H2,1-2H3,(H,36,37)/t17-/m0/s1. The monoisotopic (exact) mass is 593 g/mol. The van der Waals surface area contributed by atoms with Crippen molar-refractivity contribution >= 4 is 28.9 Å². The second-order valence-electron chi connectivity index (χ2n) is 8.98. The van der Waals surface area contributed by atoms with Crippen LogP contribution in [0, 0.1) is 12.7 Å². The third-order valence-electron chi connectivity index (χ3n) is 6.07. The van der Waals surface area contributed by atoms with Crippen molar-refractivity contribution in [1.29, 1.82) is 0 Å². The molecule has 0 unspecified atom stereocenters. The molecule has 1 aromatic heterocycles. The largest absolute Gasteiger partial charge is 0.484 e. The maximum atomic E-state index is 14.3. The summed E-state index contributed by atoms with van der Waals surface area (Å²) in [5.41, 5.74) is 1.92. The smallest absolute Gasteiger partial charge is 0.416 e. The molecule has 0 radical (unpaired) electrons. The maximum Gasteiger partial charge on any atom is 0.416 e. The number of para-hydroxylation sites is 1. The van der Waals surface area contributed by atoms with Gasteiger partial charge in [0.2, 0.25) is 0 Å². The van der Waals surface area contributed by atoms with E-state index in [2.05, 4.69) is 4.98 Å². The number of aliphatic carboxylic acids is 1. The van der Waals surface area contributed by atoms with Gasteiger partial charge in [-0.25, -0.2) is 9.37 Å². The molecule has 0 fully saturated rings. The van der Waals surface area contributed by atoms with E-state index in [4.69, 9.17) is 26.2 Å². The first-order valence-electron chi connectivity index (χ1n) is 12.1.